The first kappa shape index (κ1) is 17.0. The van der Waals surface area contributed by atoms with Crippen LogP contribution in [0.2, 0.25) is 0 Å². The van der Waals surface area contributed by atoms with Gasteiger partial charge in [0.25, 0.3) is 0 Å². The van der Waals surface area contributed by atoms with Crippen molar-refractivity contribution in [2.24, 2.45) is 17.3 Å². The number of nitrogens with one attached hydrogen (secondary N) is 1. The van der Waals surface area contributed by atoms with Crippen molar-refractivity contribution >= 4 is 11.9 Å². The smallest absolute Gasteiger partial charge is 0.309 e. The van der Waals surface area contributed by atoms with E-state index in [2.05, 4.69) is 24.1 Å². The predicted octanol–water partition coefficient (Wildman–Crippen LogP) is 1.58. The van der Waals surface area contributed by atoms with Gasteiger partial charge in [0.15, 0.2) is 0 Å². The van der Waals surface area contributed by atoms with Gasteiger partial charge < -0.3 is 10.4 Å². The number of likely N-dealkylation sites (tertiary alicyclic amines) is 1. The highest BCUT2D eigenvalue weighted by Crippen LogP contribution is 2.34. The van der Waals surface area contributed by atoms with E-state index in [1.807, 2.05) is 0 Å². The number of nitrogens with zero attached hydrogens (tertiary/aromatic N) is 1. The molecule has 1 saturated heterocycles. The normalized spacial score (nSPS) is 20.9. The summed E-state index contributed by atoms with van der Waals surface area (Å²) in [5, 5.41) is 12.2. The number of aliphatic carboxylic acids is 1. The summed E-state index contributed by atoms with van der Waals surface area (Å²) in [5.74, 6) is -0.174. The van der Waals surface area contributed by atoms with E-state index in [0.29, 0.717) is 25.6 Å². The molecule has 0 aliphatic carbocycles. The molecule has 0 radical (unpaired) electrons. The fourth-order valence-corrected chi connectivity index (χ4v) is 2.54. The van der Waals surface area contributed by atoms with Crippen molar-refractivity contribution in [1.82, 2.24) is 10.2 Å². The van der Waals surface area contributed by atoms with Crippen LogP contribution in [-0.2, 0) is 9.59 Å². The SMILES string of the molecule is CC(C)CNC(=O)CN1CCCC(C(C)(C)C(=O)O)C1. The molecule has 0 aromatic heterocycles. The number of hydrogen-bond donors (Lipinski definition) is 2. The molecule has 1 aliphatic rings. The topological polar surface area (TPSA) is 69.6 Å². The van der Waals surface area contributed by atoms with Crippen molar-refractivity contribution in [2.75, 3.05) is 26.2 Å². The number of carboxylic acids is 1. The Morgan fingerprint density at radius 2 is 2.05 bits per heavy atom. The maximum Gasteiger partial charge on any atom is 0.309 e. The molecule has 1 fully saturated rings. The highest BCUT2D eigenvalue weighted by molar-refractivity contribution is 5.78. The molecule has 1 heterocycles. The van der Waals surface area contributed by atoms with E-state index in [4.69, 9.17) is 0 Å². The minimum atomic E-state index is -0.756. The molecule has 0 aromatic carbocycles. The summed E-state index contributed by atoms with van der Waals surface area (Å²) in [4.78, 5) is 25.2. The van der Waals surface area contributed by atoms with Gasteiger partial charge in [0, 0.05) is 13.1 Å². The molecule has 0 spiro atoms. The average Bonchev–Trinajstić information content (AvgIpc) is 2.36. The van der Waals surface area contributed by atoms with Crippen molar-refractivity contribution < 1.29 is 14.7 Å². The summed E-state index contributed by atoms with van der Waals surface area (Å²) in [6.45, 7) is 10.3. The summed E-state index contributed by atoms with van der Waals surface area (Å²) in [5.41, 5.74) is -0.729. The zero-order valence-electron chi connectivity index (χ0n) is 13.1. The Balaban J connectivity index is 2.49. The Morgan fingerprint density at radius 1 is 1.40 bits per heavy atom. The first-order valence-electron chi connectivity index (χ1n) is 7.46. The Bertz CT molecular complexity index is 353. The molecule has 0 saturated carbocycles. The lowest BCUT2D eigenvalue weighted by atomic mass is 9.74. The fourth-order valence-electron chi connectivity index (χ4n) is 2.54. The maximum absolute atomic E-state index is 11.8. The van der Waals surface area contributed by atoms with Crippen LogP contribution in [0, 0.1) is 17.3 Å². The summed E-state index contributed by atoms with van der Waals surface area (Å²) in [6, 6.07) is 0. The predicted molar refractivity (Wildman–Crippen MR) is 78.4 cm³/mol. The second-order valence-corrected chi connectivity index (χ2v) is 6.80. The third-order valence-corrected chi connectivity index (χ3v) is 4.15. The number of amides is 1. The van der Waals surface area contributed by atoms with Gasteiger partial charge in [-0.25, -0.2) is 0 Å². The number of hydrogen-bond acceptors (Lipinski definition) is 3. The Morgan fingerprint density at radius 3 is 2.60 bits per heavy atom. The number of piperidine rings is 1. The van der Waals surface area contributed by atoms with Crippen molar-refractivity contribution in [2.45, 2.75) is 40.5 Å². The van der Waals surface area contributed by atoms with Crippen molar-refractivity contribution in [1.29, 1.82) is 0 Å². The molecule has 5 nitrogen and oxygen atoms in total. The second-order valence-electron chi connectivity index (χ2n) is 6.80. The molecule has 20 heavy (non-hydrogen) atoms. The Labute approximate surface area is 121 Å². The van der Waals surface area contributed by atoms with Gasteiger partial charge in [0.2, 0.25) is 5.91 Å². The summed E-state index contributed by atoms with van der Waals surface area (Å²) in [7, 11) is 0. The first-order valence-corrected chi connectivity index (χ1v) is 7.46. The van der Waals surface area contributed by atoms with Gasteiger partial charge in [-0.2, -0.15) is 0 Å². The zero-order chi connectivity index (χ0) is 15.3. The molecule has 5 heteroatoms. The molecular weight excluding hydrogens is 256 g/mol. The molecule has 116 valence electrons. The van der Waals surface area contributed by atoms with E-state index in [0.717, 1.165) is 19.4 Å². The van der Waals surface area contributed by atoms with Crippen LogP contribution in [0.25, 0.3) is 0 Å². The lowest BCUT2D eigenvalue weighted by Gasteiger charge is -2.38. The lowest BCUT2D eigenvalue weighted by molar-refractivity contribution is -0.151. The van der Waals surface area contributed by atoms with Crippen LogP contribution in [0.3, 0.4) is 0 Å². The minimum absolute atomic E-state index is 0.0347. The Kier molecular flexibility index (Phi) is 5.99. The molecular formula is C15H28N2O3. The molecule has 1 unspecified atom stereocenters. The summed E-state index contributed by atoms with van der Waals surface area (Å²) < 4.78 is 0. The lowest BCUT2D eigenvalue weighted by Crippen LogP contribution is -2.48. The van der Waals surface area contributed by atoms with E-state index in [9.17, 15) is 14.7 Å². The van der Waals surface area contributed by atoms with E-state index < -0.39 is 11.4 Å². The van der Waals surface area contributed by atoms with Crippen LogP contribution in [0.15, 0.2) is 0 Å². The largest absolute Gasteiger partial charge is 0.481 e. The highest BCUT2D eigenvalue weighted by atomic mass is 16.4. The molecule has 1 atom stereocenters. The third-order valence-electron chi connectivity index (χ3n) is 4.15. The van der Waals surface area contributed by atoms with Crippen LogP contribution in [0.1, 0.15) is 40.5 Å². The van der Waals surface area contributed by atoms with E-state index in [-0.39, 0.29) is 11.8 Å². The van der Waals surface area contributed by atoms with Gasteiger partial charge in [-0.05, 0) is 45.1 Å². The molecule has 1 rings (SSSR count). The Hall–Kier alpha value is -1.10. The first-order chi connectivity index (χ1) is 9.23. The summed E-state index contributed by atoms with van der Waals surface area (Å²) >= 11 is 0. The van der Waals surface area contributed by atoms with Gasteiger partial charge in [-0.3, -0.25) is 14.5 Å². The van der Waals surface area contributed by atoms with Gasteiger partial charge in [0.05, 0.1) is 12.0 Å². The molecule has 2 N–H and O–H groups in total. The molecule has 0 aromatic rings. The monoisotopic (exact) mass is 284 g/mol. The van der Waals surface area contributed by atoms with Crippen LogP contribution < -0.4 is 5.32 Å². The van der Waals surface area contributed by atoms with Crippen molar-refractivity contribution in [3.05, 3.63) is 0 Å². The number of carbonyl (C=O) groups excluding carboxylic acids is 1. The van der Waals surface area contributed by atoms with Gasteiger partial charge in [0.1, 0.15) is 0 Å². The standard InChI is InChI=1S/C15H28N2O3/c1-11(2)8-16-13(18)10-17-7-5-6-12(9-17)15(3,4)14(19)20/h11-12H,5-10H2,1-4H3,(H,16,18)(H,19,20). The molecule has 0 bridgehead atoms. The maximum atomic E-state index is 11.8. The average molecular weight is 284 g/mol. The number of carboxylic acid groups (broad SMARTS) is 1. The molecule has 1 aliphatic heterocycles. The fraction of sp³-hybridized carbons (Fsp3) is 0.867. The van der Waals surface area contributed by atoms with E-state index in [1.165, 1.54) is 0 Å². The van der Waals surface area contributed by atoms with Crippen LogP contribution >= 0.6 is 0 Å². The van der Waals surface area contributed by atoms with E-state index in [1.54, 1.807) is 13.8 Å². The van der Waals surface area contributed by atoms with Crippen LogP contribution in [0.5, 0.6) is 0 Å². The quantitative estimate of drug-likeness (QED) is 0.777. The minimum Gasteiger partial charge on any atom is -0.481 e. The highest BCUT2D eigenvalue weighted by Gasteiger charge is 2.39. The second kappa shape index (κ2) is 7.07. The zero-order valence-corrected chi connectivity index (χ0v) is 13.1. The third kappa shape index (κ3) is 4.78. The van der Waals surface area contributed by atoms with Crippen LogP contribution in [-0.4, -0.2) is 48.1 Å². The molecule has 1 amide bonds. The van der Waals surface area contributed by atoms with Gasteiger partial charge >= 0.3 is 5.97 Å². The number of rotatable bonds is 6. The van der Waals surface area contributed by atoms with Gasteiger partial charge in [-0.1, -0.05) is 13.8 Å². The van der Waals surface area contributed by atoms with Gasteiger partial charge in [-0.15, -0.1) is 0 Å². The number of carbonyl (C=O) groups is 2. The van der Waals surface area contributed by atoms with Crippen molar-refractivity contribution in [3.63, 3.8) is 0 Å². The van der Waals surface area contributed by atoms with Crippen molar-refractivity contribution in [3.8, 4) is 0 Å². The van der Waals surface area contributed by atoms with E-state index >= 15 is 0 Å². The summed E-state index contributed by atoms with van der Waals surface area (Å²) in [6.07, 6.45) is 1.88. The van der Waals surface area contributed by atoms with Crippen LogP contribution in [0.4, 0.5) is 0 Å².